The normalized spacial score (nSPS) is 11.4. The van der Waals surface area contributed by atoms with Crippen molar-refractivity contribution in [3.8, 4) is 0 Å². The minimum atomic E-state index is -3.72. The van der Waals surface area contributed by atoms with Crippen molar-refractivity contribution in [2.24, 2.45) is 0 Å². The number of ether oxygens (including phenoxy) is 1. The zero-order chi connectivity index (χ0) is 19.3. The largest absolute Gasteiger partial charge is 0.383 e. The van der Waals surface area contributed by atoms with E-state index in [0.717, 1.165) is 11.1 Å². The Balaban J connectivity index is 2.23. The maximum absolute atomic E-state index is 12.5. The molecule has 0 heterocycles. The Morgan fingerprint density at radius 1 is 1.19 bits per heavy atom. The maximum atomic E-state index is 12.5. The molecule has 2 aromatic rings. The van der Waals surface area contributed by atoms with Crippen LogP contribution in [0.25, 0.3) is 0 Å². The van der Waals surface area contributed by atoms with Gasteiger partial charge in [-0.15, -0.1) is 0 Å². The minimum Gasteiger partial charge on any atom is -0.383 e. The number of hydrogen-bond donors (Lipinski definition) is 2. The van der Waals surface area contributed by atoms with Gasteiger partial charge in [-0.05, 0) is 49.2 Å². The fourth-order valence-electron chi connectivity index (χ4n) is 2.43. The average molecular weight is 397 g/mol. The molecule has 0 saturated carbocycles. The molecule has 1 amide bonds. The summed E-state index contributed by atoms with van der Waals surface area (Å²) < 4.78 is 31.8. The summed E-state index contributed by atoms with van der Waals surface area (Å²) in [5.74, 6) is -0.437. The molecule has 2 N–H and O–H groups in total. The van der Waals surface area contributed by atoms with Gasteiger partial charge in [0.05, 0.1) is 22.2 Å². The molecular weight excluding hydrogens is 376 g/mol. The molecule has 0 unspecified atom stereocenters. The van der Waals surface area contributed by atoms with Gasteiger partial charge in [0.1, 0.15) is 0 Å². The van der Waals surface area contributed by atoms with E-state index in [0.29, 0.717) is 10.7 Å². The summed E-state index contributed by atoms with van der Waals surface area (Å²) in [4.78, 5) is 12.5. The predicted octanol–water partition coefficient (Wildman–Crippen LogP) is 3.13. The third-order valence-electron chi connectivity index (χ3n) is 3.68. The van der Waals surface area contributed by atoms with Crippen molar-refractivity contribution in [1.82, 2.24) is 4.72 Å². The summed E-state index contributed by atoms with van der Waals surface area (Å²) in [6.07, 6.45) is 0. The number of benzene rings is 2. The van der Waals surface area contributed by atoms with Crippen LogP contribution >= 0.6 is 11.6 Å². The van der Waals surface area contributed by atoms with Crippen LogP contribution in [0.4, 0.5) is 5.69 Å². The first-order valence-electron chi connectivity index (χ1n) is 7.91. The van der Waals surface area contributed by atoms with Gasteiger partial charge in [0.25, 0.3) is 5.91 Å². The molecule has 0 aliphatic carbocycles. The van der Waals surface area contributed by atoms with E-state index in [-0.39, 0.29) is 23.6 Å². The smallest absolute Gasteiger partial charge is 0.255 e. The van der Waals surface area contributed by atoms with E-state index in [2.05, 4.69) is 10.0 Å². The van der Waals surface area contributed by atoms with Crippen LogP contribution in [-0.4, -0.2) is 34.6 Å². The molecule has 0 saturated heterocycles. The second-order valence-electron chi connectivity index (χ2n) is 5.81. The van der Waals surface area contributed by atoms with Crippen molar-refractivity contribution in [2.45, 2.75) is 18.7 Å². The quantitative estimate of drug-likeness (QED) is 0.704. The SMILES string of the molecule is COCCNS(=O)(=O)c1cccc(C(=O)Nc2c(C)cc(C)cc2Cl)c1. The number of hydrogen-bond acceptors (Lipinski definition) is 4. The molecule has 26 heavy (non-hydrogen) atoms. The Labute approximate surface area is 158 Å². The average Bonchev–Trinajstić information content (AvgIpc) is 2.58. The number of methoxy groups -OCH3 is 1. The van der Waals surface area contributed by atoms with Crippen LogP contribution in [0.3, 0.4) is 0 Å². The van der Waals surface area contributed by atoms with E-state index >= 15 is 0 Å². The van der Waals surface area contributed by atoms with Gasteiger partial charge in [0.15, 0.2) is 0 Å². The zero-order valence-electron chi connectivity index (χ0n) is 14.8. The summed E-state index contributed by atoms with van der Waals surface area (Å²) in [5.41, 5.74) is 2.54. The van der Waals surface area contributed by atoms with Crippen molar-refractivity contribution in [3.05, 3.63) is 58.1 Å². The van der Waals surface area contributed by atoms with E-state index in [9.17, 15) is 13.2 Å². The molecule has 0 bridgehead atoms. The van der Waals surface area contributed by atoms with Gasteiger partial charge >= 0.3 is 0 Å². The molecule has 2 rings (SSSR count). The Morgan fingerprint density at radius 2 is 1.92 bits per heavy atom. The first-order chi connectivity index (χ1) is 12.2. The Hall–Kier alpha value is -1.93. The third kappa shape index (κ3) is 5.04. The van der Waals surface area contributed by atoms with Crippen LogP contribution in [0.2, 0.25) is 5.02 Å². The highest BCUT2D eigenvalue weighted by Crippen LogP contribution is 2.28. The number of amides is 1. The van der Waals surface area contributed by atoms with Crippen LogP contribution in [0.1, 0.15) is 21.5 Å². The summed E-state index contributed by atoms with van der Waals surface area (Å²) in [6, 6.07) is 9.47. The standard InChI is InChI=1S/C18H21ClN2O4S/c1-12-9-13(2)17(16(19)10-12)21-18(22)14-5-4-6-15(11-14)26(23,24)20-7-8-25-3/h4-6,9-11,20H,7-8H2,1-3H3,(H,21,22). The predicted molar refractivity (Wildman–Crippen MR) is 102 cm³/mol. The van der Waals surface area contributed by atoms with Crippen LogP contribution in [-0.2, 0) is 14.8 Å². The van der Waals surface area contributed by atoms with Crippen LogP contribution in [0, 0.1) is 13.8 Å². The topological polar surface area (TPSA) is 84.5 Å². The molecule has 0 aromatic heterocycles. The lowest BCUT2D eigenvalue weighted by Crippen LogP contribution is -2.27. The molecule has 0 atom stereocenters. The Bertz CT molecular complexity index is 890. The number of carbonyl (C=O) groups excluding carboxylic acids is 1. The minimum absolute atomic E-state index is 0.00739. The highest BCUT2D eigenvalue weighted by molar-refractivity contribution is 7.89. The van der Waals surface area contributed by atoms with E-state index in [4.69, 9.17) is 16.3 Å². The van der Waals surface area contributed by atoms with E-state index in [1.165, 1.54) is 25.3 Å². The molecule has 140 valence electrons. The molecule has 8 heteroatoms. The first kappa shape index (κ1) is 20.4. The fraction of sp³-hybridized carbons (Fsp3) is 0.278. The van der Waals surface area contributed by atoms with Gasteiger partial charge in [-0.25, -0.2) is 13.1 Å². The summed E-state index contributed by atoms with van der Waals surface area (Å²) in [6.45, 7) is 4.16. The summed E-state index contributed by atoms with van der Waals surface area (Å²) in [5, 5.41) is 3.18. The third-order valence-corrected chi connectivity index (χ3v) is 5.43. The monoisotopic (exact) mass is 396 g/mol. The van der Waals surface area contributed by atoms with Gasteiger partial charge in [-0.3, -0.25) is 4.79 Å². The Morgan fingerprint density at radius 3 is 2.58 bits per heavy atom. The van der Waals surface area contributed by atoms with Gasteiger partial charge in [-0.1, -0.05) is 23.7 Å². The van der Waals surface area contributed by atoms with Crippen LogP contribution < -0.4 is 10.0 Å². The van der Waals surface area contributed by atoms with Gasteiger partial charge in [0.2, 0.25) is 10.0 Å². The van der Waals surface area contributed by atoms with Gasteiger partial charge < -0.3 is 10.1 Å². The highest BCUT2D eigenvalue weighted by Gasteiger charge is 2.17. The van der Waals surface area contributed by atoms with Crippen molar-refractivity contribution in [1.29, 1.82) is 0 Å². The lowest BCUT2D eigenvalue weighted by molar-refractivity contribution is 0.102. The second kappa shape index (κ2) is 8.64. The lowest BCUT2D eigenvalue weighted by Gasteiger charge is -2.12. The van der Waals surface area contributed by atoms with E-state index in [1.807, 2.05) is 19.9 Å². The molecule has 0 aliphatic heterocycles. The molecular formula is C18H21ClN2O4S. The van der Waals surface area contributed by atoms with Crippen molar-refractivity contribution >= 4 is 33.2 Å². The van der Waals surface area contributed by atoms with Crippen LogP contribution in [0.15, 0.2) is 41.3 Å². The lowest BCUT2D eigenvalue weighted by atomic mass is 10.1. The number of halogens is 1. The number of nitrogens with one attached hydrogen (secondary N) is 2. The first-order valence-corrected chi connectivity index (χ1v) is 9.77. The van der Waals surface area contributed by atoms with Crippen molar-refractivity contribution < 1.29 is 17.9 Å². The number of anilines is 1. The molecule has 0 radical (unpaired) electrons. The maximum Gasteiger partial charge on any atom is 0.255 e. The molecule has 0 spiro atoms. The van der Waals surface area contributed by atoms with Crippen molar-refractivity contribution in [2.75, 3.05) is 25.6 Å². The van der Waals surface area contributed by atoms with Gasteiger partial charge in [0, 0.05) is 19.2 Å². The Kier molecular flexibility index (Phi) is 6.77. The van der Waals surface area contributed by atoms with Crippen LogP contribution in [0.5, 0.6) is 0 Å². The molecule has 2 aromatic carbocycles. The summed E-state index contributed by atoms with van der Waals surface area (Å²) >= 11 is 6.21. The number of aryl methyl sites for hydroxylation is 2. The summed E-state index contributed by atoms with van der Waals surface area (Å²) in [7, 11) is -2.24. The zero-order valence-corrected chi connectivity index (χ0v) is 16.4. The highest BCUT2D eigenvalue weighted by atomic mass is 35.5. The number of sulfonamides is 1. The van der Waals surface area contributed by atoms with E-state index in [1.54, 1.807) is 12.1 Å². The second-order valence-corrected chi connectivity index (χ2v) is 7.99. The van der Waals surface area contributed by atoms with Crippen molar-refractivity contribution in [3.63, 3.8) is 0 Å². The number of rotatable bonds is 7. The van der Waals surface area contributed by atoms with E-state index < -0.39 is 15.9 Å². The molecule has 6 nitrogen and oxygen atoms in total. The fourth-order valence-corrected chi connectivity index (χ4v) is 3.85. The number of carbonyl (C=O) groups is 1. The van der Waals surface area contributed by atoms with Gasteiger partial charge in [-0.2, -0.15) is 0 Å². The molecule has 0 fully saturated rings. The molecule has 0 aliphatic rings.